The second-order valence-electron chi connectivity index (χ2n) is 9.56. The third kappa shape index (κ3) is 7.13. The Bertz CT molecular complexity index is 1530. The second kappa shape index (κ2) is 12.2. The van der Waals surface area contributed by atoms with Gasteiger partial charge in [0.25, 0.3) is 0 Å². The quantitative estimate of drug-likeness (QED) is 0.174. The van der Waals surface area contributed by atoms with Crippen LogP contribution in [0.4, 0.5) is 43.9 Å². The molecule has 0 unspecified atom stereocenters. The van der Waals surface area contributed by atoms with Crippen LogP contribution in [0.2, 0.25) is 0 Å². The summed E-state index contributed by atoms with van der Waals surface area (Å²) in [4.78, 5) is 0. The van der Waals surface area contributed by atoms with E-state index in [-0.39, 0.29) is 29.5 Å². The Kier molecular flexibility index (Phi) is 9.01. The minimum atomic E-state index is -5.57. The summed E-state index contributed by atoms with van der Waals surface area (Å²) in [6.45, 7) is 1.92. The molecule has 4 aromatic carbocycles. The monoisotopic (exact) mass is 600 g/mol. The Hall–Kier alpha value is -3.86. The van der Waals surface area contributed by atoms with E-state index in [2.05, 4.69) is 4.74 Å². The van der Waals surface area contributed by atoms with Gasteiger partial charge in [-0.25, -0.2) is 26.7 Å². The number of alkyl halides is 5. The van der Waals surface area contributed by atoms with E-state index in [0.717, 1.165) is 48.4 Å². The van der Waals surface area contributed by atoms with Crippen LogP contribution in [0, 0.1) is 29.1 Å². The van der Waals surface area contributed by atoms with Gasteiger partial charge in [0.15, 0.2) is 0 Å². The van der Waals surface area contributed by atoms with E-state index in [1.165, 1.54) is 12.1 Å². The lowest BCUT2D eigenvalue weighted by atomic mass is 9.95. The van der Waals surface area contributed by atoms with Gasteiger partial charge in [0.2, 0.25) is 0 Å². The molecule has 0 bridgehead atoms. The van der Waals surface area contributed by atoms with Crippen molar-refractivity contribution >= 4 is 0 Å². The maximum atomic E-state index is 15.0. The lowest BCUT2D eigenvalue weighted by molar-refractivity contribution is -0.431. The summed E-state index contributed by atoms with van der Waals surface area (Å²) in [7, 11) is 0. The number of rotatable bonds is 9. The first-order valence-corrected chi connectivity index (χ1v) is 12.7. The molecule has 0 fully saturated rings. The molecule has 0 saturated heterocycles. The van der Waals surface area contributed by atoms with Crippen molar-refractivity contribution in [2.75, 3.05) is 0 Å². The summed E-state index contributed by atoms with van der Waals surface area (Å²) in [6, 6.07) is 11.0. The average Bonchev–Trinajstić information content (AvgIpc) is 2.87. The molecule has 0 aliphatic heterocycles. The van der Waals surface area contributed by atoms with Crippen LogP contribution < -0.4 is 0 Å². The Labute approximate surface area is 234 Å². The van der Waals surface area contributed by atoms with E-state index < -0.39 is 63.8 Å². The number of ether oxygens (including phenoxy) is 1. The van der Waals surface area contributed by atoms with Crippen molar-refractivity contribution in [2.24, 2.45) is 0 Å². The molecule has 0 aliphatic carbocycles. The molecule has 0 heterocycles. The van der Waals surface area contributed by atoms with E-state index >= 15 is 8.78 Å². The van der Waals surface area contributed by atoms with Gasteiger partial charge in [-0.3, -0.25) is 0 Å². The smallest absolute Gasteiger partial charge is 0.222 e. The summed E-state index contributed by atoms with van der Waals surface area (Å²) in [5.41, 5.74) is -1.84. The topological polar surface area (TPSA) is 9.23 Å². The first-order chi connectivity index (χ1) is 19.7. The summed E-state index contributed by atoms with van der Waals surface area (Å²) in [6.07, 6.45) is -9.21. The normalized spacial score (nSPS) is 12.2. The zero-order chi connectivity index (χ0) is 30.8. The number of hydrogen-bond acceptors (Lipinski definition) is 1. The first-order valence-electron chi connectivity index (χ1n) is 12.7. The van der Waals surface area contributed by atoms with Gasteiger partial charge >= 0.3 is 12.5 Å². The van der Waals surface area contributed by atoms with E-state index in [1.54, 1.807) is 6.07 Å². The van der Waals surface area contributed by atoms with Crippen molar-refractivity contribution in [1.82, 2.24) is 0 Å². The third-order valence-electron chi connectivity index (χ3n) is 6.55. The van der Waals surface area contributed by atoms with Crippen LogP contribution in [0.15, 0.2) is 66.7 Å². The Morgan fingerprint density at radius 3 is 1.64 bits per heavy atom. The van der Waals surface area contributed by atoms with Crippen molar-refractivity contribution in [2.45, 2.75) is 45.1 Å². The fourth-order valence-corrected chi connectivity index (χ4v) is 4.57. The highest BCUT2D eigenvalue weighted by molar-refractivity contribution is 5.72. The summed E-state index contributed by atoms with van der Waals surface area (Å²) in [5.74, 6) is -5.27. The van der Waals surface area contributed by atoms with Crippen molar-refractivity contribution in [3.05, 3.63) is 118 Å². The Morgan fingerprint density at radius 1 is 0.571 bits per heavy atom. The van der Waals surface area contributed by atoms with Crippen LogP contribution in [0.1, 0.15) is 35.6 Å². The average molecular weight is 600 g/mol. The van der Waals surface area contributed by atoms with Crippen LogP contribution in [-0.4, -0.2) is 6.36 Å². The van der Waals surface area contributed by atoms with Gasteiger partial charge in [-0.15, -0.1) is 13.2 Å². The maximum absolute atomic E-state index is 15.0. The molecule has 0 aliphatic rings. The predicted molar refractivity (Wildman–Crippen MR) is 136 cm³/mol. The number of hydrogen-bond donors (Lipinski definition) is 0. The molecular formula is C31H22F10O. The SMILES string of the molecule is CCCc1ccc(-c2cc(F)c(-c3cc(F)c(CCc4ccc(C(F)(F)OC(F)(F)F)cc4)c(F)c3)c(F)c2)c(F)c1. The van der Waals surface area contributed by atoms with Crippen LogP contribution in [0.3, 0.4) is 0 Å². The van der Waals surface area contributed by atoms with Gasteiger partial charge in [0.1, 0.15) is 29.1 Å². The molecule has 222 valence electrons. The van der Waals surface area contributed by atoms with Gasteiger partial charge in [-0.2, -0.15) is 8.78 Å². The molecule has 0 saturated carbocycles. The molecule has 0 aromatic heterocycles. The minimum Gasteiger partial charge on any atom is -0.222 e. The zero-order valence-corrected chi connectivity index (χ0v) is 21.9. The summed E-state index contributed by atoms with van der Waals surface area (Å²) in [5, 5.41) is 0. The number of halogens is 10. The first kappa shape index (κ1) is 31.1. The predicted octanol–water partition coefficient (Wildman–Crippen LogP) is 10.0. The largest absolute Gasteiger partial charge is 0.527 e. The molecule has 11 heteroatoms. The second-order valence-corrected chi connectivity index (χ2v) is 9.56. The van der Waals surface area contributed by atoms with Crippen molar-refractivity contribution in [1.29, 1.82) is 0 Å². The summed E-state index contributed by atoms with van der Waals surface area (Å²) >= 11 is 0. The molecule has 0 radical (unpaired) electrons. The van der Waals surface area contributed by atoms with Crippen LogP contribution in [0.5, 0.6) is 0 Å². The van der Waals surface area contributed by atoms with Gasteiger partial charge in [-0.05, 0) is 71.8 Å². The zero-order valence-electron chi connectivity index (χ0n) is 21.9. The van der Waals surface area contributed by atoms with Crippen molar-refractivity contribution in [3.63, 3.8) is 0 Å². The van der Waals surface area contributed by atoms with Gasteiger partial charge in [0.05, 0.1) is 11.1 Å². The highest BCUT2D eigenvalue weighted by Crippen LogP contribution is 2.37. The minimum absolute atomic E-state index is 0.0449. The molecule has 42 heavy (non-hydrogen) atoms. The van der Waals surface area contributed by atoms with E-state index in [9.17, 15) is 35.1 Å². The fraction of sp³-hybridized carbons (Fsp3) is 0.226. The highest BCUT2D eigenvalue weighted by Gasteiger charge is 2.46. The standard InChI is InChI=1S/C31H22F10O/c1-2-3-18-7-10-22(24(32)12-18)19-13-27(35)29(28(36)14-19)20-15-25(33)23(26(34)16-20)11-6-17-4-8-21(9-5-17)30(37,38)42-31(39,40)41/h4-5,7-10,12-16H,2-3,6,11H2,1H3. The molecule has 0 spiro atoms. The molecule has 1 nitrogen and oxygen atoms in total. The van der Waals surface area contributed by atoms with E-state index in [4.69, 9.17) is 0 Å². The van der Waals surface area contributed by atoms with Crippen LogP contribution in [0.25, 0.3) is 22.3 Å². The molecule has 4 rings (SSSR count). The molecule has 0 amide bonds. The van der Waals surface area contributed by atoms with Crippen molar-refractivity contribution in [3.8, 4) is 22.3 Å². The van der Waals surface area contributed by atoms with Crippen LogP contribution in [-0.2, 0) is 30.1 Å². The van der Waals surface area contributed by atoms with E-state index in [1.807, 2.05) is 6.92 Å². The molecule has 0 N–H and O–H groups in total. The Morgan fingerprint density at radius 2 is 1.12 bits per heavy atom. The highest BCUT2D eigenvalue weighted by atomic mass is 19.4. The number of benzene rings is 4. The lowest BCUT2D eigenvalue weighted by Crippen LogP contribution is -2.27. The molecule has 0 atom stereocenters. The van der Waals surface area contributed by atoms with E-state index in [0.29, 0.717) is 18.6 Å². The number of aryl methyl sites for hydroxylation is 2. The maximum Gasteiger partial charge on any atom is 0.527 e. The summed E-state index contributed by atoms with van der Waals surface area (Å²) < 4.78 is 141. The van der Waals surface area contributed by atoms with Gasteiger partial charge < -0.3 is 0 Å². The fourth-order valence-electron chi connectivity index (χ4n) is 4.57. The molecular weight excluding hydrogens is 578 g/mol. The van der Waals surface area contributed by atoms with Gasteiger partial charge in [0, 0.05) is 11.1 Å². The molecule has 4 aromatic rings. The van der Waals surface area contributed by atoms with Crippen molar-refractivity contribution < 1.29 is 48.6 Å². The Balaban J connectivity index is 1.53. The van der Waals surface area contributed by atoms with Crippen LogP contribution >= 0.6 is 0 Å². The lowest BCUT2D eigenvalue weighted by Gasteiger charge is -2.18. The van der Waals surface area contributed by atoms with Gasteiger partial charge in [-0.1, -0.05) is 49.7 Å². The third-order valence-corrected chi connectivity index (χ3v) is 6.55.